The van der Waals surface area contributed by atoms with Gasteiger partial charge in [-0.2, -0.15) is 0 Å². The molecule has 1 fully saturated rings. The third-order valence-corrected chi connectivity index (χ3v) is 6.52. The Morgan fingerprint density at radius 2 is 1.71 bits per heavy atom. The second kappa shape index (κ2) is 10.9. The Balaban J connectivity index is 1.50. The zero-order valence-electron chi connectivity index (χ0n) is 17.9. The molecule has 0 saturated heterocycles. The topological polar surface area (TPSA) is 116 Å². The first-order chi connectivity index (χ1) is 14.9. The molecule has 0 aromatic heterocycles. The van der Waals surface area contributed by atoms with Gasteiger partial charge >= 0.3 is 13.1 Å². The molecular formula is C24H33BN2O4. The van der Waals surface area contributed by atoms with Crippen LogP contribution in [0.5, 0.6) is 0 Å². The molecule has 0 aliphatic heterocycles. The van der Waals surface area contributed by atoms with Gasteiger partial charge in [-0.05, 0) is 54.6 Å². The summed E-state index contributed by atoms with van der Waals surface area (Å²) in [5.74, 6) is -1.04. The van der Waals surface area contributed by atoms with E-state index >= 15 is 0 Å². The molecule has 3 rings (SSSR count). The van der Waals surface area contributed by atoms with Crippen LogP contribution in [0.15, 0.2) is 54.6 Å². The zero-order chi connectivity index (χ0) is 22.3. The first-order valence-electron chi connectivity index (χ1n) is 11.1. The van der Waals surface area contributed by atoms with Crippen LogP contribution in [0.2, 0.25) is 6.32 Å². The molecular weight excluding hydrogens is 391 g/mol. The highest BCUT2D eigenvalue weighted by Gasteiger charge is 2.45. The number of hydrogen-bond donors (Lipinski definition) is 5. The molecule has 31 heavy (non-hydrogen) atoms. The molecule has 1 aliphatic carbocycles. The third kappa shape index (κ3) is 6.40. The van der Waals surface area contributed by atoms with Crippen LogP contribution in [0.4, 0.5) is 0 Å². The molecule has 7 heteroatoms. The van der Waals surface area contributed by atoms with E-state index in [1.165, 1.54) is 16.7 Å². The van der Waals surface area contributed by atoms with Crippen molar-refractivity contribution in [2.75, 3.05) is 0 Å². The van der Waals surface area contributed by atoms with Gasteiger partial charge in [-0.15, -0.1) is 0 Å². The van der Waals surface area contributed by atoms with Gasteiger partial charge < -0.3 is 26.2 Å². The summed E-state index contributed by atoms with van der Waals surface area (Å²) in [6.07, 6.45) is 4.17. The summed E-state index contributed by atoms with van der Waals surface area (Å²) in [5.41, 5.74) is 8.68. The molecule has 2 aromatic carbocycles. The van der Waals surface area contributed by atoms with Gasteiger partial charge in [-0.3, -0.25) is 4.79 Å². The first kappa shape index (κ1) is 23.5. The van der Waals surface area contributed by atoms with Crippen LogP contribution in [0, 0.1) is 5.92 Å². The van der Waals surface area contributed by atoms with Crippen LogP contribution in [0.3, 0.4) is 0 Å². The summed E-state index contributed by atoms with van der Waals surface area (Å²) in [6, 6.07) is 19.0. The lowest BCUT2D eigenvalue weighted by Crippen LogP contribution is -2.53. The van der Waals surface area contributed by atoms with E-state index in [4.69, 9.17) is 15.8 Å². The number of nitrogens with two attached hydrogens (primary N) is 1. The Morgan fingerprint density at radius 3 is 2.35 bits per heavy atom. The predicted molar refractivity (Wildman–Crippen MR) is 123 cm³/mol. The maximum atomic E-state index is 11.9. The highest BCUT2D eigenvalue weighted by atomic mass is 16.4. The highest BCUT2D eigenvalue weighted by Crippen LogP contribution is 2.36. The lowest BCUT2D eigenvalue weighted by atomic mass is 9.77. The van der Waals surface area contributed by atoms with Gasteiger partial charge in [-0.1, -0.05) is 67.4 Å². The lowest BCUT2D eigenvalue weighted by molar-refractivity contribution is -0.146. The summed E-state index contributed by atoms with van der Waals surface area (Å²) in [7, 11) is -1.35. The Morgan fingerprint density at radius 1 is 1.03 bits per heavy atom. The van der Waals surface area contributed by atoms with Gasteiger partial charge in [0.25, 0.3) is 0 Å². The second-order valence-corrected chi connectivity index (χ2v) is 8.72. The van der Waals surface area contributed by atoms with Crippen molar-refractivity contribution in [1.29, 1.82) is 0 Å². The molecule has 0 radical (unpaired) electrons. The fraction of sp³-hybridized carbons (Fsp3) is 0.458. The van der Waals surface area contributed by atoms with Crippen LogP contribution >= 0.6 is 0 Å². The number of carboxylic acid groups (broad SMARTS) is 1. The Hall–Kier alpha value is -2.19. The molecule has 0 spiro atoms. The smallest absolute Gasteiger partial charge is 0.451 e. The van der Waals surface area contributed by atoms with E-state index in [1.807, 2.05) is 18.2 Å². The van der Waals surface area contributed by atoms with Crippen LogP contribution < -0.4 is 11.1 Å². The van der Waals surface area contributed by atoms with Gasteiger partial charge in [-0.25, -0.2) is 0 Å². The van der Waals surface area contributed by atoms with Crippen molar-refractivity contribution in [1.82, 2.24) is 5.32 Å². The van der Waals surface area contributed by atoms with Gasteiger partial charge in [0, 0.05) is 12.6 Å². The largest absolute Gasteiger partial charge is 0.480 e. The van der Waals surface area contributed by atoms with E-state index in [2.05, 4.69) is 41.7 Å². The summed E-state index contributed by atoms with van der Waals surface area (Å²) < 4.78 is 0. The molecule has 0 amide bonds. The van der Waals surface area contributed by atoms with Gasteiger partial charge in [0.2, 0.25) is 0 Å². The molecule has 6 N–H and O–H groups in total. The van der Waals surface area contributed by atoms with E-state index in [9.17, 15) is 9.90 Å². The number of aliphatic carboxylic acids is 1. The number of unbranched alkanes of at least 4 members (excludes halogenated alkanes) is 1. The molecule has 6 nitrogen and oxygen atoms in total. The van der Waals surface area contributed by atoms with Crippen molar-refractivity contribution >= 4 is 13.1 Å². The van der Waals surface area contributed by atoms with Crippen LogP contribution in [0.25, 0.3) is 11.1 Å². The van der Waals surface area contributed by atoms with E-state index in [0.717, 1.165) is 25.8 Å². The normalized spacial score (nSPS) is 20.4. The number of benzene rings is 2. The number of carbonyl (C=O) groups is 1. The molecule has 3 unspecified atom stereocenters. The first-order valence-corrected chi connectivity index (χ1v) is 11.1. The van der Waals surface area contributed by atoms with Crippen LogP contribution in [-0.4, -0.2) is 39.8 Å². The van der Waals surface area contributed by atoms with E-state index in [1.54, 1.807) is 0 Å². The minimum atomic E-state index is -1.35. The van der Waals surface area contributed by atoms with Gasteiger partial charge in [0.1, 0.15) is 5.54 Å². The van der Waals surface area contributed by atoms with Gasteiger partial charge in [0.15, 0.2) is 0 Å². The molecule has 0 heterocycles. The number of carboxylic acids is 1. The average molecular weight is 424 g/mol. The molecule has 2 aromatic rings. The van der Waals surface area contributed by atoms with Crippen LogP contribution in [0.1, 0.15) is 44.1 Å². The summed E-state index contributed by atoms with van der Waals surface area (Å²) in [5, 5.41) is 31.3. The lowest BCUT2D eigenvalue weighted by Gasteiger charge is -2.31. The zero-order valence-corrected chi connectivity index (χ0v) is 17.9. The van der Waals surface area contributed by atoms with Crippen molar-refractivity contribution in [2.24, 2.45) is 11.7 Å². The van der Waals surface area contributed by atoms with E-state index in [-0.39, 0.29) is 18.3 Å². The quantitative estimate of drug-likeness (QED) is 0.280. The monoisotopic (exact) mass is 424 g/mol. The maximum absolute atomic E-state index is 11.9. The van der Waals surface area contributed by atoms with E-state index in [0.29, 0.717) is 19.3 Å². The van der Waals surface area contributed by atoms with E-state index < -0.39 is 18.6 Å². The van der Waals surface area contributed by atoms with Crippen molar-refractivity contribution in [3.8, 4) is 11.1 Å². The predicted octanol–water partition coefficient (Wildman–Crippen LogP) is 3.04. The van der Waals surface area contributed by atoms with Crippen molar-refractivity contribution < 1.29 is 19.9 Å². The second-order valence-electron chi connectivity index (χ2n) is 8.72. The van der Waals surface area contributed by atoms with Crippen molar-refractivity contribution in [3.05, 3.63) is 60.2 Å². The Bertz CT molecular complexity index is 831. The van der Waals surface area contributed by atoms with Crippen molar-refractivity contribution in [2.45, 2.75) is 63.0 Å². The van der Waals surface area contributed by atoms with Gasteiger partial charge in [0.05, 0.1) is 0 Å². The molecule has 1 saturated carbocycles. The minimum Gasteiger partial charge on any atom is -0.480 e. The Labute approximate surface area is 184 Å². The summed E-state index contributed by atoms with van der Waals surface area (Å²) >= 11 is 0. The molecule has 0 bridgehead atoms. The summed E-state index contributed by atoms with van der Waals surface area (Å²) in [6.45, 7) is 0.742. The minimum absolute atomic E-state index is 0.0815. The SMILES string of the molecule is NC(CCCCB(O)O)(C(=O)O)C1CCC(NCc2ccc(-c3ccccc3)cc2)C1. The molecule has 166 valence electrons. The fourth-order valence-corrected chi connectivity index (χ4v) is 4.57. The van der Waals surface area contributed by atoms with Crippen molar-refractivity contribution in [3.63, 3.8) is 0 Å². The average Bonchev–Trinajstić information content (AvgIpc) is 3.25. The maximum Gasteiger partial charge on any atom is 0.451 e. The highest BCUT2D eigenvalue weighted by molar-refractivity contribution is 6.40. The standard InChI is InChI=1S/C24H33BN2O4/c26-24(23(28)29,14-4-5-15-25(30)31)21-12-13-22(16-21)27-17-18-8-10-20(11-9-18)19-6-2-1-3-7-19/h1-3,6-11,21-22,27,30-31H,4-5,12-17,26H2,(H,28,29). The number of rotatable bonds is 11. The number of nitrogens with one attached hydrogen (secondary N) is 1. The Kier molecular flexibility index (Phi) is 8.26. The molecule has 1 aliphatic rings. The summed E-state index contributed by atoms with van der Waals surface area (Å²) in [4.78, 5) is 11.9. The number of hydrogen-bond acceptors (Lipinski definition) is 5. The molecule has 3 atom stereocenters. The van der Waals surface area contributed by atoms with Crippen LogP contribution in [-0.2, 0) is 11.3 Å². The fourth-order valence-electron chi connectivity index (χ4n) is 4.57. The third-order valence-electron chi connectivity index (χ3n) is 6.52.